The third-order valence-electron chi connectivity index (χ3n) is 5.81. The van der Waals surface area contributed by atoms with Crippen LogP contribution in [0, 0.1) is 0 Å². The first kappa shape index (κ1) is 27.6. The minimum atomic E-state index is -4.88. The SMILES string of the molecule is CC(C)(C)c1cc(NC(=O)Nc2ccc(Oc3ccnc(N)c3)cc2)n(-c2ccc3c(c2)OC(F)(F)C(F)(F)O3)n1. The van der Waals surface area contributed by atoms with Crippen molar-refractivity contribution in [1.82, 2.24) is 14.8 Å². The maximum Gasteiger partial charge on any atom is 0.507 e. The average Bonchev–Trinajstić information content (AvgIpc) is 3.29. The molecule has 0 fully saturated rings. The number of pyridine rings is 1. The van der Waals surface area contributed by atoms with E-state index in [9.17, 15) is 22.4 Å². The predicted molar refractivity (Wildman–Crippen MR) is 141 cm³/mol. The average molecular weight is 573 g/mol. The third kappa shape index (κ3) is 5.81. The Bertz CT molecular complexity index is 1600. The Balaban J connectivity index is 1.35. The van der Waals surface area contributed by atoms with Crippen molar-refractivity contribution in [2.75, 3.05) is 16.4 Å². The van der Waals surface area contributed by atoms with E-state index in [0.717, 1.165) is 12.1 Å². The van der Waals surface area contributed by atoms with Crippen LogP contribution in [0.1, 0.15) is 26.5 Å². The van der Waals surface area contributed by atoms with Crippen molar-refractivity contribution in [3.8, 4) is 28.7 Å². The highest BCUT2D eigenvalue weighted by Crippen LogP contribution is 2.47. The van der Waals surface area contributed by atoms with Crippen LogP contribution in [-0.2, 0) is 5.41 Å². The Hall–Kier alpha value is -5.01. The first-order valence-electron chi connectivity index (χ1n) is 12.2. The van der Waals surface area contributed by atoms with Gasteiger partial charge < -0.3 is 25.3 Å². The van der Waals surface area contributed by atoms with Crippen LogP contribution in [0.4, 0.5) is 39.7 Å². The van der Waals surface area contributed by atoms with Gasteiger partial charge in [-0.1, -0.05) is 20.8 Å². The van der Waals surface area contributed by atoms with Gasteiger partial charge in [-0.2, -0.15) is 22.7 Å². The van der Waals surface area contributed by atoms with Crippen LogP contribution in [0.2, 0.25) is 0 Å². The highest BCUT2D eigenvalue weighted by molar-refractivity contribution is 5.99. The molecule has 0 aliphatic carbocycles. The van der Waals surface area contributed by atoms with Crippen molar-refractivity contribution in [3.63, 3.8) is 0 Å². The van der Waals surface area contributed by atoms with Gasteiger partial charge in [0.2, 0.25) is 0 Å². The standard InChI is InChI=1S/C27H24F4N6O4/c1-25(2,3)21-14-23(37(36-21)16-6-9-19-20(12-16)41-27(30,31)26(28,29)40-19)35-24(38)34-15-4-7-17(8-5-15)39-18-10-11-33-22(32)13-18/h4-14H,1-3H3,(H2,32,33)(H2,34,35,38). The van der Waals surface area contributed by atoms with Gasteiger partial charge in [0.1, 0.15) is 23.1 Å². The summed E-state index contributed by atoms with van der Waals surface area (Å²) in [7, 11) is 0. The van der Waals surface area contributed by atoms with E-state index in [0.29, 0.717) is 28.7 Å². The number of amides is 2. The molecule has 0 spiro atoms. The molecule has 0 radical (unpaired) electrons. The molecule has 1 aliphatic rings. The molecule has 2 aromatic carbocycles. The smallest absolute Gasteiger partial charge is 0.457 e. The van der Waals surface area contributed by atoms with Crippen LogP contribution in [0.5, 0.6) is 23.0 Å². The largest absolute Gasteiger partial charge is 0.507 e. The van der Waals surface area contributed by atoms with Gasteiger partial charge in [0, 0.05) is 35.5 Å². The van der Waals surface area contributed by atoms with Gasteiger partial charge in [-0.3, -0.25) is 5.32 Å². The normalized spacial score (nSPS) is 15.2. The summed E-state index contributed by atoms with van der Waals surface area (Å²) >= 11 is 0. The minimum absolute atomic E-state index is 0.150. The minimum Gasteiger partial charge on any atom is -0.457 e. The summed E-state index contributed by atoms with van der Waals surface area (Å²) in [4.78, 5) is 16.8. The first-order valence-corrected chi connectivity index (χ1v) is 12.2. The second-order valence-electron chi connectivity index (χ2n) is 10.1. The number of hydrogen-bond acceptors (Lipinski definition) is 7. The molecule has 41 heavy (non-hydrogen) atoms. The number of hydrogen-bond donors (Lipinski definition) is 3. The Labute approximate surface area is 231 Å². The monoisotopic (exact) mass is 572 g/mol. The number of nitrogens with two attached hydrogens (primary N) is 1. The van der Waals surface area contributed by atoms with Gasteiger partial charge in [0.15, 0.2) is 11.5 Å². The van der Waals surface area contributed by atoms with Crippen molar-refractivity contribution in [1.29, 1.82) is 0 Å². The lowest BCUT2D eigenvalue weighted by Gasteiger charge is -2.31. The van der Waals surface area contributed by atoms with Crippen molar-refractivity contribution in [2.45, 2.75) is 38.4 Å². The number of nitrogens with zero attached hydrogens (tertiary/aromatic N) is 3. The predicted octanol–water partition coefficient (Wildman–Crippen LogP) is 6.54. The number of anilines is 3. The van der Waals surface area contributed by atoms with Gasteiger partial charge in [-0.25, -0.2) is 14.5 Å². The maximum absolute atomic E-state index is 13.8. The molecule has 4 N–H and O–H groups in total. The van der Waals surface area contributed by atoms with Crippen LogP contribution in [0.3, 0.4) is 0 Å². The lowest BCUT2D eigenvalue weighted by atomic mass is 9.92. The van der Waals surface area contributed by atoms with Crippen LogP contribution >= 0.6 is 0 Å². The summed E-state index contributed by atoms with van der Waals surface area (Å²) in [5.74, 6) is 0.295. The quantitative estimate of drug-likeness (QED) is 0.232. The molecule has 2 aromatic heterocycles. The molecule has 0 saturated heterocycles. The van der Waals surface area contributed by atoms with E-state index in [1.54, 1.807) is 42.5 Å². The summed E-state index contributed by atoms with van der Waals surface area (Å²) in [5, 5.41) is 9.86. The fourth-order valence-electron chi connectivity index (χ4n) is 3.73. The molecule has 0 unspecified atom stereocenters. The van der Waals surface area contributed by atoms with Crippen molar-refractivity contribution >= 4 is 23.4 Å². The van der Waals surface area contributed by atoms with Crippen LogP contribution < -0.4 is 30.6 Å². The second-order valence-corrected chi connectivity index (χ2v) is 10.1. The zero-order valence-electron chi connectivity index (χ0n) is 21.9. The molecule has 0 bridgehead atoms. The molecular formula is C27H24F4N6O4. The van der Waals surface area contributed by atoms with Crippen molar-refractivity contribution < 1.29 is 36.6 Å². The number of rotatable bonds is 5. The zero-order valence-corrected chi connectivity index (χ0v) is 21.9. The molecule has 0 atom stereocenters. The molecular weight excluding hydrogens is 548 g/mol. The number of carbonyl (C=O) groups excluding carboxylic acids is 1. The number of halogens is 4. The van der Waals surface area contributed by atoms with E-state index in [4.69, 9.17) is 10.5 Å². The second kappa shape index (κ2) is 9.87. The number of urea groups is 1. The lowest BCUT2D eigenvalue weighted by Crippen LogP contribution is -2.52. The Morgan fingerprint density at radius 2 is 1.59 bits per heavy atom. The van der Waals surface area contributed by atoms with Gasteiger partial charge in [-0.05, 0) is 42.5 Å². The molecule has 5 rings (SSSR count). The lowest BCUT2D eigenvalue weighted by molar-refractivity contribution is -0.391. The highest BCUT2D eigenvalue weighted by Gasteiger charge is 2.66. The molecule has 1 aliphatic heterocycles. The van der Waals surface area contributed by atoms with E-state index >= 15 is 0 Å². The van der Waals surface area contributed by atoms with Gasteiger partial charge in [0.05, 0.1) is 11.4 Å². The Kier molecular flexibility index (Phi) is 6.63. The molecule has 214 valence electrons. The number of nitrogens with one attached hydrogen (secondary N) is 2. The highest BCUT2D eigenvalue weighted by atomic mass is 19.3. The third-order valence-corrected chi connectivity index (χ3v) is 5.81. The number of carbonyl (C=O) groups is 1. The summed E-state index contributed by atoms with van der Waals surface area (Å²) in [6.07, 6.45) is -8.21. The number of aromatic nitrogens is 3. The molecule has 4 aromatic rings. The Morgan fingerprint density at radius 3 is 2.24 bits per heavy atom. The Morgan fingerprint density at radius 1 is 0.902 bits per heavy atom. The van der Waals surface area contributed by atoms with E-state index in [2.05, 4.69) is 30.2 Å². The molecule has 2 amide bonds. The number of alkyl halides is 4. The zero-order chi connectivity index (χ0) is 29.6. The van der Waals surface area contributed by atoms with E-state index in [1.165, 1.54) is 16.9 Å². The van der Waals surface area contributed by atoms with Crippen molar-refractivity contribution in [3.05, 3.63) is 72.6 Å². The number of nitrogen functional groups attached to an aromatic ring is 1. The van der Waals surface area contributed by atoms with E-state index in [1.807, 2.05) is 20.8 Å². The first-order chi connectivity index (χ1) is 19.2. The van der Waals surface area contributed by atoms with E-state index in [-0.39, 0.29) is 11.5 Å². The fourth-order valence-corrected chi connectivity index (χ4v) is 3.73. The summed E-state index contributed by atoms with van der Waals surface area (Å²) in [6, 6.07) is 14.1. The van der Waals surface area contributed by atoms with Crippen LogP contribution in [-0.4, -0.2) is 33.0 Å². The van der Waals surface area contributed by atoms with Crippen LogP contribution in [0.25, 0.3) is 5.69 Å². The van der Waals surface area contributed by atoms with Gasteiger partial charge in [-0.15, -0.1) is 0 Å². The summed E-state index contributed by atoms with van der Waals surface area (Å²) in [5.41, 5.74) is 6.34. The van der Waals surface area contributed by atoms with E-state index < -0.39 is 35.2 Å². The maximum atomic E-state index is 13.8. The number of benzene rings is 2. The topological polar surface area (TPSA) is 126 Å². The molecule has 0 saturated carbocycles. The number of ether oxygens (including phenoxy) is 3. The molecule has 10 nitrogen and oxygen atoms in total. The molecule has 3 heterocycles. The van der Waals surface area contributed by atoms with Gasteiger partial charge >= 0.3 is 18.2 Å². The van der Waals surface area contributed by atoms with Crippen LogP contribution in [0.15, 0.2) is 66.9 Å². The van der Waals surface area contributed by atoms with Gasteiger partial charge in [0.25, 0.3) is 0 Å². The van der Waals surface area contributed by atoms with Crippen molar-refractivity contribution in [2.24, 2.45) is 0 Å². The molecule has 14 heteroatoms. The fraction of sp³-hybridized carbons (Fsp3) is 0.222. The number of fused-ring (bicyclic) bond motifs is 1. The summed E-state index contributed by atoms with van der Waals surface area (Å²) < 4.78 is 70.0. The summed E-state index contributed by atoms with van der Waals surface area (Å²) in [6.45, 7) is 5.67.